The fourth-order valence-electron chi connectivity index (χ4n) is 2.85. The molecule has 0 saturated carbocycles. The lowest BCUT2D eigenvalue weighted by Crippen LogP contribution is -2.31. The van der Waals surface area contributed by atoms with Crippen LogP contribution in [0.4, 0.5) is 21.8 Å². The van der Waals surface area contributed by atoms with Crippen LogP contribution >= 0.6 is 0 Å². The third kappa shape index (κ3) is 6.71. The van der Waals surface area contributed by atoms with Crippen molar-refractivity contribution in [1.82, 2.24) is 25.2 Å². The molecule has 2 heterocycles. The average Bonchev–Trinajstić information content (AvgIpc) is 2.74. The maximum atomic E-state index is 13.2. The topological polar surface area (TPSA) is 95.1 Å². The summed E-state index contributed by atoms with van der Waals surface area (Å²) in [5, 5.41) is 9.25. The number of benzene rings is 1. The highest BCUT2D eigenvalue weighted by Crippen LogP contribution is 2.22. The van der Waals surface area contributed by atoms with Gasteiger partial charge in [0, 0.05) is 37.1 Å². The van der Waals surface area contributed by atoms with E-state index in [2.05, 4.69) is 30.9 Å². The Morgan fingerprint density at radius 3 is 2.52 bits per heavy atom. The first kappa shape index (κ1) is 22.1. The van der Waals surface area contributed by atoms with Crippen LogP contribution < -0.4 is 16.0 Å². The summed E-state index contributed by atoms with van der Waals surface area (Å²) in [4.78, 5) is 27.5. The van der Waals surface area contributed by atoms with Crippen LogP contribution in [-0.4, -0.2) is 52.9 Å². The number of anilines is 3. The van der Waals surface area contributed by atoms with Gasteiger partial charge in [-0.05, 0) is 50.8 Å². The summed E-state index contributed by atoms with van der Waals surface area (Å²) < 4.78 is 13.2. The van der Waals surface area contributed by atoms with Gasteiger partial charge in [0.1, 0.15) is 23.3 Å². The van der Waals surface area contributed by atoms with Crippen LogP contribution in [0.25, 0.3) is 0 Å². The van der Waals surface area contributed by atoms with Crippen molar-refractivity contribution in [3.8, 4) is 0 Å². The minimum absolute atomic E-state index is 0.149. The molecule has 0 aliphatic rings. The quantitative estimate of drug-likeness (QED) is 0.486. The molecule has 31 heavy (non-hydrogen) atoms. The Kier molecular flexibility index (Phi) is 7.45. The Morgan fingerprint density at radius 1 is 1.10 bits per heavy atom. The van der Waals surface area contributed by atoms with Crippen molar-refractivity contribution in [1.29, 1.82) is 0 Å². The highest BCUT2D eigenvalue weighted by Gasteiger charge is 2.13. The number of hydrogen-bond acceptors (Lipinski definition) is 7. The minimum Gasteiger partial charge on any atom is -0.363 e. The smallest absolute Gasteiger partial charge is 0.251 e. The Bertz CT molecular complexity index is 997. The van der Waals surface area contributed by atoms with Crippen molar-refractivity contribution in [3.63, 3.8) is 0 Å². The van der Waals surface area contributed by atoms with E-state index in [-0.39, 0.29) is 17.8 Å². The van der Waals surface area contributed by atoms with E-state index in [9.17, 15) is 9.18 Å². The number of pyridine rings is 1. The third-order valence-corrected chi connectivity index (χ3v) is 4.49. The van der Waals surface area contributed by atoms with E-state index in [1.807, 2.05) is 25.9 Å². The second-order valence-electron chi connectivity index (χ2n) is 7.32. The Labute approximate surface area is 180 Å². The van der Waals surface area contributed by atoms with Gasteiger partial charge in [-0.2, -0.15) is 0 Å². The standard InChI is InChI=1S/C22H26FN7O/c1-15(16-4-6-18(23)7-5-16)27-19-12-17(22(31)26-10-11-30(2)3)13-20(28-19)29-21-14-24-8-9-25-21/h4-9,12-15H,10-11H2,1-3H3,(H,26,31)(H2,25,27,28,29). The number of nitrogens with zero attached hydrogens (tertiary/aromatic N) is 4. The molecule has 0 bridgehead atoms. The summed E-state index contributed by atoms with van der Waals surface area (Å²) in [6.45, 7) is 3.19. The summed E-state index contributed by atoms with van der Waals surface area (Å²) in [7, 11) is 3.89. The molecule has 0 radical (unpaired) electrons. The number of aromatic nitrogens is 3. The number of halogens is 1. The highest BCUT2D eigenvalue weighted by molar-refractivity contribution is 5.95. The van der Waals surface area contributed by atoms with Crippen LogP contribution in [0.5, 0.6) is 0 Å². The van der Waals surface area contributed by atoms with Crippen LogP contribution in [0.1, 0.15) is 28.9 Å². The molecule has 0 aliphatic carbocycles. The normalized spacial score (nSPS) is 11.8. The van der Waals surface area contributed by atoms with E-state index in [0.29, 0.717) is 29.6 Å². The van der Waals surface area contributed by atoms with E-state index in [1.54, 1.807) is 42.9 Å². The van der Waals surface area contributed by atoms with Crippen LogP contribution in [-0.2, 0) is 0 Å². The maximum Gasteiger partial charge on any atom is 0.251 e. The molecule has 1 atom stereocenters. The molecule has 0 aliphatic heterocycles. The third-order valence-electron chi connectivity index (χ3n) is 4.49. The Balaban J connectivity index is 1.83. The average molecular weight is 423 g/mol. The minimum atomic E-state index is -0.291. The second kappa shape index (κ2) is 10.4. The van der Waals surface area contributed by atoms with Crippen LogP contribution in [0.15, 0.2) is 55.0 Å². The molecule has 9 heteroatoms. The number of likely N-dealkylation sites (N-methyl/N-ethyl adjacent to an activating group) is 1. The van der Waals surface area contributed by atoms with Crippen LogP contribution in [0.2, 0.25) is 0 Å². The van der Waals surface area contributed by atoms with Gasteiger partial charge in [0.15, 0.2) is 0 Å². The summed E-state index contributed by atoms with van der Waals surface area (Å²) >= 11 is 0. The van der Waals surface area contributed by atoms with Gasteiger partial charge >= 0.3 is 0 Å². The first-order chi connectivity index (χ1) is 14.9. The van der Waals surface area contributed by atoms with Gasteiger partial charge in [-0.3, -0.25) is 9.78 Å². The molecule has 0 fully saturated rings. The van der Waals surface area contributed by atoms with Crippen molar-refractivity contribution >= 4 is 23.4 Å². The summed E-state index contributed by atoms with van der Waals surface area (Å²) in [5.41, 5.74) is 1.35. The van der Waals surface area contributed by atoms with Crippen LogP contribution in [0, 0.1) is 5.82 Å². The van der Waals surface area contributed by atoms with Gasteiger partial charge in [-0.25, -0.2) is 14.4 Å². The van der Waals surface area contributed by atoms with Gasteiger partial charge in [0.05, 0.1) is 6.20 Å². The van der Waals surface area contributed by atoms with E-state index in [1.165, 1.54) is 12.1 Å². The van der Waals surface area contributed by atoms with Crippen molar-refractivity contribution in [2.75, 3.05) is 37.8 Å². The molecule has 1 amide bonds. The number of carbonyl (C=O) groups is 1. The van der Waals surface area contributed by atoms with Crippen molar-refractivity contribution in [2.45, 2.75) is 13.0 Å². The van der Waals surface area contributed by atoms with Gasteiger partial charge in [0.25, 0.3) is 5.91 Å². The van der Waals surface area contributed by atoms with Crippen molar-refractivity contribution in [2.24, 2.45) is 0 Å². The summed E-state index contributed by atoms with van der Waals surface area (Å²) in [6, 6.07) is 9.45. The zero-order chi connectivity index (χ0) is 22.2. The molecule has 0 saturated heterocycles. The molecule has 1 aromatic carbocycles. The lowest BCUT2D eigenvalue weighted by atomic mass is 10.1. The fourth-order valence-corrected chi connectivity index (χ4v) is 2.85. The first-order valence-electron chi connectivity index (χ1n) is 9.91. The zero-order valence-electron chi connectivity index (χ0n) is 17.8. The van der Waals surface area contributed by atoms with Gasteiger partial charge in [0.2, 0.25) is 0 Å². The molecule has 162 valence electrons. The lowest BCUT2D eigenvalue weighted by Gasteiger charge is -2.17. The first-order valence-corrected chi connectivity index (χ1v) is 9.91. The number of nitrogens with one attached hydrogen (secondary N) is 3. The van der Waals surface area contributed by atoms with E-state index >= 15 is 0 Å². The molecular formula is C22H26FN7O. The second-order valence-corrected chi connectivity index (χ2v) is 7.32. The molecular weight excluding hydrogens is 397 g/mol. The van der Waals surface area contributed by atoms with E-state index in [0.717, 1.165) is 12.1 Å². The molecule has 0 spiro atoms. The molecule has 3 aromatic rings. The summed E-state index contributed by atoms with van der Waals surface area (Å²) in [6.07, 6.45) is 4.71. The van der Waals surface area contributed by atoms with Crippen molar-refractivity contribution < 1.29 is 9.18 Å². The van der Waals surface area contributed by atoms with Gasteiger partial charge < -0.3 is 20.9 Å². The molecule has 1 unspecified atom stereocenters. The van der Waals surface area contributed by atoms with E-state index in [4.69, 9.17) is 0 Å². The molecule has 8 nitrogen and oxygen atoms in total. The predicted molar refractivity (Wildman–Crippen MR) is 119 cm³/mol. The zero-order valence-corrected chi connectivity index (χ0v) is 17.8. The van der Waals surface area contributed by atoms with Gasteiger partial charge in [-0.1, -0.05) is 12.1 Å². The molecule has 3 N–H and O–H groups in total. The summed E-state index contributed by atoms with van der Waals surface area (Å²) in [5.74, 6) is 0.973. The number of hydrogen-bond donors (Lipinski definition) is 3. The Hall–Kier alpha value is -3.59. The number of rotatable bonds is 9. The highest BCUT2D eigenvalue weighted by atomic mass is 19.1. The molecule has 3 rings (SSSR count). The maximum absolute atomic E-state index is 13.2. The fraction of sp³-hybridized carbons (Fsp3) is 0.273. The predicted octanol–water partition coefficient (Wildman–Crippen LogP) is 3.22. The molecule has 2 aromatic heterocycles. The Morgan fingerprint density at radius 2 is 1.84 bits per heavy atom. The van der Waals surface area contributed by atoms with E-state index < -0.39 is 0 Å². The monoisotopic (exact) mass is 423 g/mol. The van der Waals surface area contributed by atoms with Crippen LogP contribution in [0.3, 0.4) is 0 Å². The SMILES string of the molecule is CC(Nc1cc(C(=O)NCCN(C)C)cc(Nc2cnccn2)n1)c1ccc(F)cc1. The largest absolute Gasteiger partial charge is 0.363 e. The lowest BCUT2D eigenvalue weighted by molar-refractivity contribution is 0.0951. The number of carbonyl (C=O) groups excluding carboxylic acids is 1. The number of amides is 1. The van der Waals surface area contributed by atoms with Crippen molar-refractivity contribution in [3.05, 3.63) is 71.9 Å². The van der Waals surface area contributed by atoms with Gasteiger partial charge in [-0.15, -0.1) is 0 Å².